The average Bonchev–Trinajstić information content (AvgIpc) is 3.00. The summed E-state index contributed by atoms with van der Waals surface area (Å²) in [5, 5.41) is 18.6. The number of aromatic hydroxyl groups is 1. The van der Waals surface area contributed by atoms with Gasteiger partial charge in [0.25, 0.3) is 5.56 Å². The fourth-order valence-electron chi connectivity index (χ4n) is 3.32. The second-order valence-corrected chi connectivity index (χ2v) is 6.04. The number of fused-ring (bicyclic) bond motifs is 2. The quantitative estimate of drug-likeness (QED) is 0.576. The van der Waals surface area contributed by atoms with Crippen molar-refractivity contribution in [3.8, 4) is 5.88 Å². The van der Waals surface area contributed by atoms with Gasteiger partial charge in [-0.3, -0.25) is 4.79 Å². The summed E-state index contributed by atoms with van der Waals surface area (Å²) in [6, 6.07) is 7.92. The van der Waals surface area contributed by atoms with Crippen LogP contribution in [0.5, 0.6) is 5.88 Å². The lowest BCUT2D eigenvalue weighted by Crippen LogP contribution is -2.27. The van der Waals surface area contributed by atoms with Gasteiger partial charge in [-0.2, -0.15) is 0 Å². The van der Waals surface area contributed by atoms with E-state index in [1.54, 1.807) is 4.68 Å². The highest BCUT2D eigenvalue weighted by atomic mass is 16.3. The van der Waals surface area contributed by atoms with Crippen molar-refractivity contribution in [1.82, 2.24) is 13.9 Å². The van der Waals surface area contributed by atoms with Crippen LogP contribution in [-0.4, -0.2) is 19.0 Å². The highest BCUT2D eigenvalue weighted by molar-refractivity contribution is 5.73. The normalized spacial score (nSPS) is 14.6. The molecular formula is C16H19N6O2+. The maximum Gasteiger partial charge on any atom is 0.422 e. The number of para-hydroxylation sites is 2. The monoisotopic (exact) mass is 327 g/mol. The van der Waals surface area contributed by atoms with Gasteiger partial charge in [0.05, 0.1) is 14.1 Å². The van der Waals surface area contributed by atoms with Crippen LogP contribution in [-0.2, 0) is 27.2 Å². The van der Waals surface area contributed by atoms with Crippen LogP contribution in [0.25, 0.3) is 11.0 Å². The van der Waals surface area contributed by atoms with Crippen molar-refractivity contribution < 1.29 is 9.67 Å². The van der Waals surface area contributed by atoms with Gasteiger partial charge in [-0.15, -0.1) is 0 Å². The van der Waals surface area contributed by atoms with E-state index in [1.807, 2.05) is 47.5 Å². The van der Waals surface area contributed by atoms with Crippen LogP contribution < -0.4 is 10.1 Å². The molecule has 0 fully saturated rings. The lowest BCUT2D eigenvalue weighted by molar-refractivity contribution is -0.632. The first-order valence-corrected chi connectivity index (χ1v) is 7.97. The third-order valence-corrected chi connectivity index (χ3v) is 4.62. The molecule has 8 nitrogen and oxygen atoms in total. The van der Waals surface area contributed by atoms with E-state index in [9.17, 15) is 9.90 Å². The van der Waals surface area contributed by atoms with E-state index < -0.39 is 0 Å². The molecule has 0 spiro atoms. The van der Waals surface area contributed by atoms with Gasteiger partial charge in [0.15, 0.2) is 0 Å². The summed E-state index contributed by atoms with van der Waals surface area (Å²) in [6.07, 6.45) is 1.87. The lowest BCUT2D eigenvalue weighted by atomic mass is 10.3. The fraction of sp³-hybridized carbons (Fsp3) is 0.375. The molecule has 0 radical (unpaired) electrons. The van der Waals surface area contributed by atoms with Gasteiger partial charge in [-0.05, 0) is 25.0 Å². The third-order valence-electron chi connectivity index (χ3n) is 4.62. The number of aryl methyl sites for hydroxylation is 2. The highest BCUT2D eigenvalue weighted by Crippen LogP contribution is 2.27. The van der Waals surface area contributed by atoms with Gasteiger partial charge in [-0.25, -0.2) is 18.5 Å². The lowest BCUT2D eigenvalue weighted by Gasteiger charge is -2.16. The van der Waals surface area contributed by atoms with Gasteiger partial charge in [0, 0.05) is 18.2 Å². The Bertz CT molecular complexity index is 985. The maximum atomic E-state index is 12.4. The minimum absolute atomic E-state index is 0.00200. The fourth-order valence-corrected chi connectivity index (χ4v) is 3.32. The molecule has 2 aromatic heterocycles. The molecule has 24 heavy (non-hydrogen) atoms. The van der Waals surface area contributed by atoms with Crippen molar-refractivity contribution in [3.05, 3.63) is 34.6 Å². The Labute approximate surface area is 137 Å². The van der Waals surface area contributed by atoms with Crippen molar-refractivity contribution in [2.45, 2.75) is 25.9 Å². The Morgan fingerprint density at radius 3 is 2.54 bits per heavy atom. The van der Waals surface area contributed by atoms with Crippen LogP contribution in [0.3, 0.4) is 0 Å². The standard InChI is InChI=1S/C16H18N6O2/c1-19-11-7-3-4-8-12(11)20(2)16(19)18-17-13-14(23)21-9-5-6-10-22(21)15(13)24/h3-4,7-8H,5-6,9-10H2,1-2H3/p+1. The number of hydrogen-bond donors (Lipinski definition) is 1. The van der Waals surface area contributed by atoms with Crippen molar-refractivity contribution in [1.29, 1.82) is 0 Å². The molecule has 4 rings (SSSR count). The predicted octanol–water partition coefficient (Wildman–Crippen LogP) is 1.88. The Balaban J connectivity index is 1.82. The van der Waals surface area contributed by atoms with Crippen molar-refractivity contribution in [2.24, 2.45) is 24.3 Å². The molecule has 0 aliphatic carbocycles. The zero-order valence-corrected chi connectivity index (χ0v) is 13.7. The molecule has 0 atom stereocenters. The van der Waals surface area contributed by atoms with Crippen molar-refractivity contribution in [3.63, 3.8) is 0 Å². The molecule has 8 heteroatoms. The summed E-state index contributed by atoms with van der Waals surface area (Å²) in [5.74, 6) is 0.494. The van der Waals surface area contributed by atoms with Crippen LogP contribution >= 0.6 is 0 Å². The number of hydrogen-bond acceptors (Lipinski definition) is 4. The van der Waals surface area contributed by atoms with E-state index in [0.29, 0.717) is 19.0 Å². The van der Waals surface area contributed by atoms with E-state index in [-0.39, 0.29) is 17.1 Å². The van der Waals surface area contributed by atoms with Gasteiger partial charge >= 0.3 is 5.95 Å². The first-order valence-electron chi connectivity index (χ1n) is 7.97. The van der Waals surface area contributed by atoms with Crippen molar-refractivity contribution in [2.75, 3.05) is 0 Å². The molecule has 0 unspecified atom stereocenters. The van der Waals surface area contributed by atoms with Crippen LogP contribution in [0.15, 0.2) is 39.3 Å². The Kier molecular flexibility index (Phi) is 3.26. The topological polar surface area (TPSA) is 80.7 Å². The molecule has 3 heterocycles. The number of aromatic nitrogens is 4. The molecule has 124 valence electrons. The Morgan fingerprint density at radius 2 is 1.83 bits per heavy atom. The second kappa shape index (κ2) is 5.33. The zero-order chi connectivity index (χ0) is 16.8. The van der Waals surface area contributed by atoms with E-state index in [4.69, 9.17) is 0 Å². The van der Waals surface area contributed by atoms with Gasteiger partial charge < -0.3 is 5.11 Å². The van der Waals surface area contributed by atoms with E-state index in [1.165, 1.54) is 4.68 Å². The van der Waals surface area contributed by atoms with E-state index in [0.717, 1.165) is 23.9 Å². The molecular weight excluding hydrogens is 308 g/mol. The molecule has 1 aliphatic rings. The minimum Gasteiger partial charge on any atom is -0.492 e. The van der Waals surface area contributed by atoms with Crippen molar-refractivity contribution >= 4 is 22.7 Å². The van der Waals surface area contributed by atoms with Crippen LogP contribution in [0.1, 0.15) is 12.8 Å². The molecule has 1 N–H and O–H groups in total. The third kappa shape index (κ3) is 1.99. The smallest absolute Gasteiger partial charge is 0.422 e. The van der Waals surface area contributed by atoms with Gasteiger partial charge in [0.2, 0.25) is 11.6 Å². The molecule has 1 aliphatic heterocycles. The first kappa shape index (κ1) is 14.7. The SMILES string of the molecule is Cn1c(/N=N/c2c(O)n3n(c2=O)CCCC3)[n+](C)c2ccccc21. The molecule has 0 saturated carbocycles. The van der Waals surface area contributed by atoms with Crippen LogP contribution in [0.2, 0.25) is 0 Å². The summed E-state index contributed by atoms with van der Waals surface area (Å²) >= 11 is 0. The largest absolute Gasteiger partial charge is 0.492 e. The highest BCUT2D eigenvalue weighted by Gasteiger charge is 2.24. The summed E-state index contributed by atoms with van der Waals surface area (Å²) in [5.41, 5.74) is 1.75. The molecule has 0 bridgehead atoms. The summed E-state index contributed by atoms with van der Waals surface area (Å²) in [6.45, 7) is 1.22. The zero-order valence-electron chi connectivity index (χ0n) is 13.7. The predicted molar refractivity (Wildman–Crippen MR) is 87.9 cm³/mol. The Hall–Kier alpha value is -2.90. The van der Waals surface area contributed by atoms with Crippen LogP contribution in [0, 0.1) is 0 Å². The summed E-state index contributed by atoms with van der Waals surface area (Å²) in [7, 11) is 3.79. The number of benzene rings is 1. The van der Waals surface area contributed by atoms with E-state index in [2.05, 4.69) is 10.2 Å². The molecule has 0 saturated heterocycles. The van der Waals surface area contributed by atoms with Gasteiger partial charge in [0.1, 0.15) is 11.0 Å². The Morgan fingerprint density at radius 1 is 1.12 bits per heavy atom. The summed E-state index contributed by atoms with van der Waals surface area (Å²) in [4.78, 5) is 12.4. The molecule has 1 aromatic carbocycles. The van der Waals surface area contributed by atoms with E-state index >= 15 is 0 Å². The maximum absolute atomic E-state index is 12.4. The summed E-state index contributed by atoms with van der Waals surface area (Å²) < 4.78 is 6.93. The molecule has 3 aromatic rings. The first-order chi connectivity index (χ1) is 11.6. The van der Waals surface area contributed by atoms with Crippen LogP contribution in [0.4, 0.5) is 11.6 Å². The minimum atomic E-state index is -0.294. The number of imidazole rings is 1. The number of nitrogens with zero attached hydrogens (tertiary/aromatic N) is 6. The average molecular weight is 327 g/mol. The second-order valence-electron chi connectivity index (χ2n) is 6.04. The van der Waals surface area contributed by atoms with Gasteiger partial charge in [-0.1, -0.05) is 17.2 Å². The number of azo groups is 1. The number of rotatable bonds is 2. The molecule has 0 amide bonds.